The Labute approximate surface area is 252 Å². The van der Waals surface area contributed by atoms with E-state index in [1.165, 1.54) is 12.4 Å². The molecule has 1 amide bonds. The van der Waals surface area contributed by atoms with E-state index in [4.69, 9.17) is 5.73 Å². The van der Waals surface area contributed by atoms with Gasteiger partial charge in [-0.1, -0.05) is 13.8 Å². The number of carbonyl (C=O) groups is 1. The number of nitrogens with zero attached hydrogens (tertiary/aromatic N) is 9. The number of aromatic amines is 1. The predicted octanol–water partition coefficient (Wildman–Crippen LogP) is 2.75. The fraction of sp³-hybridized carbons (Fsp3) is 0.517. The van der Waals surface area contributed by atoms with Crippen LogP contribution in [0.4, 0.5) is 13.2 Å². The maximum absolute atomic E-state index is 13.6. The molecule has 0 aromatic carbocycles. The van der Waals surface area contributed by atoms with Crippen LogP contribution in [0.3, 0.4) is 0 Å². The summed E-state index contributed by atoms with van der Waals surface area (Å²) in [5.41, 5.74) is 8.34. The molecule has 0 bridgehead atoms. The molecular weight excluding hydrogens is 575 g/mol. The summed E-state index contributed by atoms with van der Waals surface area (Å²) >= 11 is 0. The van der Waals surface area contributed by atoms with Crippen molar-refractivity contribution in [1.82, 2.24) is 49.4 Å². The topological polar surface area (TPSA) is 138 Å². The van der Waals surface area contributed by atoms with E-state index in [9.17, 15) is 18.0 Å². The quantitative estimate of drug-likeness (QED) is 0.293. The Balaban J connectivity index is 1.10. The van der Waals surface area contributed by atoms with Crippen LogP contribution in [0, 0.1) is 0 Å². The Hall–Kier alpha value is -3.95. The maximum Gasteiger partial charge on any atom is 0.451 e. The SMILES string of the molecule is CCN(CC)Cc1cc(C(=O)N2CCC(N3CC(CN)(n4cc(-c5ncnc6[nH]ccc56)cn4)C3)CC2)nc(C(F)(F)F)n1. The number of amides is 1. The molecule has 2 aliphatic heterocycles. The van der Waals surface area contributed by atoms with Gasteiger partial charge in [0.15, 0.2) is 0 Å². The van der Waals surface area contributed by atoms with Crippen LogP contribution in [0.2, 0.25) is 0 Å². The molecule has 0 aliphatic carbocycles. The highest BCUT2D eigenvalue weighted by Crippen LogP contribution is 2.35. The molecule has 4 aromatic rings. The van der Waals surface area contributed by atoms with E-state index in [0.717, 1.165) is 22.3 Å². The number of likely N-dealkylation sites (tertiary alicyclic amines) is 2. The van der Waals surface area contributed by atoms with Crippen LogP contribution < -0.4 is 5.73 Å². The standard InChI is InChI=1S/C29H36F3N11O/c1-3-40(4-2)14-20-11-23(39-27(38-20)29(30,31)32)26(44)41-9-6-21(7-10-41)42-16-28(15-33,17-42)43-13-19(12-37-43)24-22-5-8-34-25(22)36-18-35-24/h5,8,11-13,18,21H,3-4,6-7,9-10,14-17,33H2,1-2H3,(H,34,35,36). The van der Waals surface area contributed by atoms with Crippen LogP contribution in [-0.4, -0.2) is 107 Å². The van der Waals surface area contributed by atoms with Crippen LogP contribution >= 0.6 is 0 Å². The van der Waals surface area contributed by atoms with E-state index in [1.54, 1.807) is 11.1 Å². The van der Waals surface area contributed by atoms with E-state index in [-0.39, 0.29) is 29.5 Å². The number of halogens is 3. The normalized spacial score (nSPS) is 17.8. The first kappa shape index (κ1) is 30.1. The Morgan fingerprint density at radius 1 is 1.16 bits per heavy atom. The van der Waals surface area contributed by atoms with Gasteiger partial charge in [0, 0.05) is 68.7 Å². The van der Waals surface area contributed by atoms with Gasteiger partial charge in [-0.3, -0.25) is 19.3 Å². The third-order valence-corrected chi connectivity index (χ3v) is 8.87. The van der Waals surface area contributed by atoms with Crippen LogP contribution in [0.25, 0.3) is 22.3 Å². The summed E-state index contributed by atoms with van der Waals surface area (Å²) in [7, 11) is 0. The summed E-state index contributed by atoms with van der Waals surface area (Å²) in [6.07, 6.45) is 3.79. The number of hydrogen-bond donors (Lipinski definition) is 2. The van der Waals surface area contributed by atoms with Crippen LogP contribution in [-0.2, 0) is 18.3 Å². The minimum Gasteiger partial charge on any atom is -0.346 e. The van der Waals surface area contributed by atoms with Crippen LogP contribution in [0.1, 0.15) is 48.7 Å². The van der Waals surface area contributed by atoms with Gasteiger partial charge in [0.05, 0.1) is 17.6 Å². The molecule has 0 saturated carbocycles. The molecule has 15 heteroatoms. The molecule has 3 N–H and O–H groups in total. The van der Waals surface area contributed by atoms with E-state index < -0.39 is 17.9 Å². The second-order valence-corrected chi connectivity index (χ2v) is 11.5. The van der Waals surface area contributed by atoms with Crippen molar-refractivity contribution in [3.05, 3.63) is 54.3 Å². The van der Waals surface area contributed by atoms with E-state index >= 15 is 0 Å². The lowest BCUT2D eigenvalue weighted by Gasteiger charge is -2.54. The van der Waals surface area contributed by atoms with E-state index in [1.807, 2.05) is 41.9 Å². The molecule has 6 heterocycles. The number of fused-ring (bicyclic) bond motifs is 1. The molecule has 6 rings (SSSR count). The third kappa shape index (κ3) is 5.66. The number of piperidine rings is 1. The number of nitrogens with one attached hydrogen (secondary N) is 1. The number of carbonyl (C=O) groups excluding carboxylic acids is 1. The van der Waals surface area contributed by atoms with Gasteiger partial charge in [0.1, 0.15) is 23.2 Å². The maximum atomic E-state index is 13.6. The van der Waals surface area contributed by atoms with Crippen molar-refractivity contribution >= 4 is 16.9 Å². The number of aromatic nitrogens is 7. The monoisotopic (exact) mass is 611 g/mol. The molecule has 4 aromatic heterocycles. The lowest BCUT2D eigenvalue weighted by molar-refractivity contribution is -0.145. The molecule has 0 unspecified atom stereocenters. The van der Waals surface area contributed by atoms with Crippen LogP contribution in [0.15, 0.2) is 37.1 Å². The lowest BCUT2D eigenvalue weighted by Crippen LogP contribution is -2.69. The number of H-pyrrole nitrogens is 1. The summed E-state index contributed by atoms with van der Waals surface area (Å²) in [6, 6.07) is 3.56. The molecule has 0 atom stereocenters. The molecule has 0 radical (unpaired) electrons. The molecule has 2 saturated heterocycles. The van der Waals surface area contributed by atoms with Gasteiger partial charge in [-0.05, 0) is 38.1 Å². The Morgan fingerprint density at radius 2 is 1.91 bits per heavy atom. The second kappa shape index (κ2) is 11.9. The average molecular weight is 612 g/mol. The van der Waals surface area contributed by atoms with Crippen molar-refractivity contribution in [2.45, 2.75) is 51.0 Å². The average Bonchev–Trinajstić information content (AvgIpc) is 3.70. The Kier molecular flexibility index (Phi) is 8.11. The number of rotatable bonds is 9. The Morgan fingerprint density at radius 3 is 2.59 bits per heavy atom. The van der Waals surface area contributed by atoms with E-state index in [2.05, 4.69) is 34.9 Å². The lowest BCUT2D eigenvalue weighted by atomic mass is 9.86. The van der Waals surface area contributed by atoms with Gasteiger partial charge in [0.25, 0.3) is 5.91 Å². The van der Waals surface area contributed by atoms with Crippen molar-refractivity contribution in [1.29, 1.82) is 0 Å². The fourth-order valence-corrected chi connectivity index (χ4v) is 6.23. The number of alkyl halides is 3. The molecule has 44 heavy (non-hydrogen) atoms. The van der Waals surface area contributed by atoms with Crippen LogP contribution in [0.5, 0.6) is 0 Å². The Bertz CT molecular complexity index is 1620. The van der Waals surface area contributed by atoms with Gasteiger partial charge < -0.3 is 15.6 Å². The zero-order valence-electron chi connectivity index (χ0n) is 24.8. The fourth-order valence-electron chi connectivity index (χ4n) is 6.23. The summed E-state index contributed by atoms with van der Waals surface area (Å²) in [5, 5.41) is 5.57. The highest BCUT2D eigenvalue weighted by molar-refractivity contribution is 5.92. The molecular formula is C29H36F3N11O. The first-order valence-corrected chi connectivity index (χ1v) is 14.9. The summed E-state index contributed by atoms with van der Waals surface area (Å²) in [6.45, 7) is 8.06. The van der Waals surface area contributed by atoms with Gasteiger partial charge in [0.2, 0.25) is 5.82 Å². The number of nitrogens with two attached hydrogens (primary N) is 1. The van der Waals surface area contributed by atoms with Crippen molar-refractivity contribution in [3.8, 4) is 11.3 Å². The highest BCUT2D eigenvalue weighted by atomic mass is 19.4. The first-order chi connectivity index (χ1) is 21.1. The zero-order valence-corrected chi connectivity index (χ0v) is 24.8. The van der Waals surface area contributed by atoms with Crippen molar-refractivity contribution in [2.24, 2.45) is 5.73 Å². The van der Waals surface area contributed by atoms with Gasteiger partial charge in [-0.25, -0.2) is 19.9 Å². The minimum absolute atomic E-state index is 0.187. The minimum atomic E-state index is -4.74. The summed E-state index contributed by atoms with van der Waals surface area (Å²) in [5.74, 6) is -1.78. The largest absolute Gasteiger partial charge is 0.451 e. The first-order valence-electron chi connectivity index (χ1n) is 14.9. The zero-order chi connectivity index (χ0) is 31.1. The van der Waals surface area contributed by atoms with Crippen molar-refractivity contribution in [3.63, 3.8) is 0 Å². The van der Waals surface area contributed by atoms with Crippen molar-refractivity contribution in [2.75, 3.05) is 45.8 Å². The number of hydrogen-bond acceptors (Lipinski definition) is 9. The smallest absolute Gasteiger partial charge is 0.346 e. The highest BCUT2D eigenvalue weighted by Gasteiger charge is 2.47. The van der Waals surface area contributed by atoms with Gasteiger partial charge in [-0.15, -0.1) is 0 Å². The molecule has 2 aliphatic rings. The van der Waals surface area contributed by atoms with E-state index in [0.29, 0.717) is 58.7 Å². The summed E-state index contributed by atoms with van der Waals surface area (Å²) < 4.78 is 42.7. The molecule has 234 valence electrons. The van der Waals surface area contributed by atoms with Crippen molar-refractivity contribution < 1.29 is 18.0 Å². The third-order valence-electron chi connectivity index (χ3n) is 8.87. The van der Waals surface area contributed by atoms with Gasteiger partial charge in [-0.2, -0.15) is 18.3 Å². The molecule has 2 fully saturated rings. The molecule has 12 nitrogen and oxygen atoms in total. The second-order valence-electron chi connectivity index (χ2n) is 11.5. The summed E-state index contributed by atoms with van der Waals surface area (Å²) in [4.78, 5) is 38.4. The predicted molar refractivity (Wildman–Crippen MR) is 156 cm³/mol. The molecule has 0 spiro atoms. The van der Waals surface area contributed by atoms with Gasteiger partial charge >= 0.3 is 6.18 Å².